The third-order valence-electron chi connectivity index (χ3n) is 1.14. The topological polar surface area (TPSA) is 29.5 Å². The number of phenols is 1. The van der Waals surface area contributed by atoms with Crippen molar-refractivity contribution in [2.45, 2.75) is 6.61 Å². The van der Waals surface area contributed by atoms with Crippen LogP contribution in [0.5, 0.6) is 11.5 Å². The van der Waals surface area contributed by atoms with Gasteiger partial charge in [-0.3, -0.25) is 0 Å². The van der Waals surface area contributed by atoms with E-state index in [4.69, 9.17) is 5.11 Å². The molecule has 12 heavy (non-hydrogen) atoms. The van der Waals surface area contributed by atoms with E-state index in [-0.39, 0.29) is 11.5 Å². The van der Waals surface area contributed by atoms with Gasteiger partial charge in [0.15, 0.2) is 0 Å². The Morgan fingerprint density at radius 1 is 1.42 bits per heavy atom. The van der Waals surface area contributed by atoms with E-state index in [1.807, 2.05) is 22.6 Å². The van der Waals surface area contributed by atoms with Crippen LogP contribution in [0.3, 0.4) is 0 Å². The average molecular weight is 286 g/mol. The average Bonchev–Trinajstić information content (AvgIpc) is 1.96. The first-order valence-corrected chi connectivity index (χ1v) is 4.11. The lowest BCUT2D eigenvalue weighted by molar-refractivity contribution is -0.0499. The van der Waals surface area contributed by atoms with E-state index in [0.717, 1.165) is 0 Å². The van der Waals surface area contributed by atoms with Crippen LogP contribution < -0.4 is 4.74 Å². The van der Waals surface area contributed by atoms with E-state index in [9.17, 15) is 8.78 Å². The van der Waals surface area contributed by atoms with Gasteiger partial charge in [-0.1, -0.05) is 0 Å². The fraction of sp³-hybridized carbons (Fsp3) is 0.143. The monoisotopic (exact) mass is 286 g/mol. The van der Waals surface area contributed by atoms with Crippen molar-refractivity contribution >= 4 is 22.6 Å². The Balaban J connectivity index is 2.82. The summed E-state index contributed by atoms with van der Waals surface area (Å²) < 4.78 is 27.9. The van der Waals surface area contributed by atoms with Gasteiger partial charge in [0.1, 0.15) is 11.5 Å². The van der Waals surface area contributed by atoms with Crippen molar-refractivity contribution in [2.24, 2.45) is 0 Å². The number of rotatable bonds is 2. The smallest absolute Gasteiger partial charge is 0.387 e. The molecule has 0 aliphatic carbocycles. The molecule has 0 aromatic heterocycles. The number of halogens is 3. The van der Waals surface area contributed by atoms with Gasteiger partial charge in [0.25, 0.3) is 0 Å². The lowest BCUT2D eigenvalue weighted by Crippen LogP contribution is -2.01. The molecule has 0 heterocycles. The molecule has 0 saturated heterocycles. The Bertz CT molecular complexity index is 278. The first kappa shape index (κ1) is 9.50. The summed E-state index contributed by atoms with van der Waals surface area (Å²) in [5, 5.41) is 9.03. The Kier molecular flexibility index (Phi) is 3.07. The van der Waals surface area contributed by atoms with E-state index in [0.29, 0.717) is 3.57 Å². The van der Waals surface area contributed by atoms with Crippen molar-refractivity contribution in [2.75, 3.05) is 0 Å². The highest BCUT2D eigenvalue weighted by Gasteiger charge is 2.05. The van der Waals surface area contributed by atoms with Crippen molar-refractivity contribution in [3.05, 3.63) is 21.8 Å². The highest BCUT2D eigenvalue weighted by Crippen LogP contribution is 2.25. The molecule has 0 saturated carbocycles. The van der Waals surface area contributed by atoms with Crippen LogP contribution in [0.4, 0.5) is 8.78 Å². The molecule has 66 valence electrons. The van der Waals surface area contributed by atoms with Crippen molar-refractivity contribution in [3.8, 4) is 11.5 Å². The zero-order valence-corrected chi connectivity index (χ0v) is 7.96. The highest BCUT2D eigenvalue weighted by molar-refractivity contribution is 14.1. The summed E-state index contributed by atoms with van der Waals surface area (Å²) >= 11 is 1.82. The summed E-state index contributed by atoms with van der Waals surface area (Å²) in [4.78, 5) is 0. The van der Waals surface area contributed by atoms with Gasteiger partial charge >= 0.3 is 6.61 Å². The zero-order valence-electron chi connectivity index (χ0n) is 5.80. The molecular formula is C7H5F2IO2. The summed E-state index contributed by atoms with van der Waals surface area (Å²) in [7, 11) is 0. The molecule has 1 N–H and O–H groups in total. The second kappa shape index (κ2) is 3.88. The van der Waals surface area contributed by atoms with Crippen LogP contribution in [-0.2, 0) is 0 Å². The maximum Gasteiger partial charge on any atom is 0.387 e. The maximum absolute atomic E-state index is 11.7. The van der Waals surface area contributed by atoms with Crippen molar-refractivity contribution in [1.82, 2.24) is 0 Å². The summed E-state index contributed by atoms with van der Waals surface area (Å²) in [6.07, 6.45) is 0. The molecule has 1 aromatic carbocycles. The number of hydrogen-bond donors (Lipinski definition) is 1. The first-order chi connectivity index (χ1) is 5.59. The van der Waals surface area contributed by atoms with Crippen molar-refractivity contribution < 1.29 is 18.6 Å². The van der Waals surface area contributed by atoms with Crippen molar-refractivity contribution in [1.29, 1.82) is 0 Å². The Morgan fingerprint density at radius 2 is 2.08 bits per heavy atom. The Morgan fingerprint density at radius 3 is 2.58 bits per heavy atom. The van der Waals surface area contributed by atoms with Gasteiger partial charge in [-0.25, -0.2) is 0 Å². The maximum atomic E-state index is 11.7. The summed E-state index contributed by atoms with van der Waals surface area (Å²) in [6, 6.07) is 3.92. The van der Waals surface area contributed by atoms with Gasteiger partial charge < -0.3 is 9.84 Å². The predicted octanol–water partition coefficient (Wildman–Crippen LogP) is 2.60. The molecule has 0 unspecified atom stereocenters. The van der Waals surface area contributed by atoms with Crippen LogP contribution in [0.1, 0.15) is 0 Å². The SMILES string of the molecule is Oc1ccc(OC(F)F)cc1I. The van der Waals surface area contributed by atoms with Crippen LogP contribution in [0.15, 0.2) is 18.2 Å². The van der Waals surface area contributed by atoms with Crippen molar-refractivity contribution in [3.63, 3.8) is 0 Å². The van der Waals surface area contributed by atoms with Gasteiger partial charge in [0, 0.05) is 0 Å². The molecule has 0 aliphatic rings. The molecular weight excluding hydrogens is 281 g/mol. The predicted molar refractivity (Wildman–Crippen MR) is 47.5 cm³/mol. The molecule has 0 fully saturated rings. The molecule has 0 spiro atoms. The highest BCUT2D eigenvalue weighted by atomic mass is 127. The third-order valence-corrected chi connectivity index (χ3v) is 2.01. The van der Waals surface area contributed by atoms with E-state index in [1.54, 1.807) is 0 Å². The van der Waals surface area contributed by atoms with Gasteiger partial charge in [0.05, 0.1) is 3.57 Å². The van der Waals surface area contributed by atoms with E-state index in [1.165, 1.54) is 18.2 Å². The van der Waals surface area contributed by atoms with Gasteiger partial charge in [-0.05, 0) is 40.8 Å². The van der Waals surface area contributed by atoms with Crippen LogP contribution in [0.2, 0.25) is 0 Å². The summed E-state index contributed by atoms with van der Waals surface area (Å²) in [5.74, 6) is 0.101. The lowest BCUT2D eigenvalue weighted by atomic mass is 10.3. The minimum absolute atomic E-state index is 0.0483. The minimum atomic E-state index is -2.83. The zero-order chi connectivity index (χ0) is 9.14. The summed E-state index contributed by atoms with van der Waals surface area (Å²) in [6.45, 7) is -2.83. The third kappa shape index (κ3) is 2.47. The first-order valence-electron chi connectivity index (χ1n) is 3.03. The van der Waals surface area contributed by atoms with E-state index in [2.05, 4.69) is 4.74 Å². The Labute approximate surface area is 81.3 Å². The minimum Gasteiger partial charge on any atom is -0.507 e. The molecule has 0 atom stereocenters. The largest absolute Gasteiger partial charge is 0.507 e. The molecule has 1 aromatic rings. The molecule has 5 heteroatoms. The molecule has 2 nitrogen and oxygen atoms in total. The molecule has 0 aliphatic heterocycles. The van der Waals surface area contributed by atoms with Crippen LogP contribution in [0.25, 0.3) is 0 Å². The summed E-state index contributed by atoms with van der Waals surface area (Å²) in [5.41, 5.74) is 0. The van der Waals surface area contributed by atoms with Crippen LogP contribution in [-0.4, -0.2) is 11.7 Å². The fourth-order valence-electron chi connectivity index (χ4n) is 0.664. The van der Waals surface area contributed by atoms with Gasteiger partial charge in [-0.2, -0.15) is 8.78 Å². The second-order valence-corrected chi connectivity index (χ2v) is 3.15. The number of aromatic hydroxyl groups is 1. The normalized spacial score (nSPS) is 10.3. The van der Waals surface area contributed by atoms with Gasteiger partial charge in [0.2, 0.25) is 0 Å². The lowest BCUT2D eigenvalue weighted by Gasteiger charge is -2.04. The van der Waals surface area contributed by atoms with E-state index >= 15 is 0 Å². The quantitative estimate of drug-likeness (QED) is 0.847. The number of phenolic OH excluding ortho intramolecular Hbond substituents is 1. The van der Waals surface area contributed by atoms with Crippen LogP contribution >= 0.6 is 22.6 Å². The number of ether oxygens (including phenoxy) is 1. The van der Waals surface area contributed by atoms with Crippen LogP contribution in [0, 0.1) is 3.57 Å². The molecule has 0 amide bonds. The van der Waals surface area contributed by atoms with E-state index < -0.39 is 6.61 Å². The molecule has 0 bridgehead atoms. The standard InChI is InChI=1S/C7H5F2IO2/c8-7(9)12-4-1-2-6(11)5(10)3-4/h1-3,7,11H. The number of benzene rings is 1. The Hall–Kier alpha value is -0.590. The molecule has 0 radical (unpaired) electrons. The second-order valence-electron chi connectivity index (χ2n) is 1.99. The fourth-order valence-corrected chi connectivity index (χ4v) is 1.15. The number of alkyl halides is 2. The molecule has 1 rings (SSSR count). The van der Waals surface area contributed by atoms with Gasteiger partial charge in [-0.15, -0.1) is 0 Å². The number of hydrogen-bond acceptors (Lipinski definition) is 2.